The Balaban J connectivity index is 1.66. The Hall–Kier alpha value is -3.36. The Morgan fingerprint density at radius 3 is 2.63 bits per heavy atom. The quantitative estimate of drug-likeness (QED) is 0.716. The number of nitrogens with one attached hydrogen (secondary N) is 2. The van der Waals surface area contributed by atoms with E-state index in [0.29, 0.717) is 17.2 Å². The number of benzene rings is 1. The summed E-state index contributed by atoms with van der Waals surface area (Å²) < 4.78 is 39.9. The van der Waals surface area contributed by atoms with Crippen molar-refractivity contribution < 1.29 is 18.0 Å². The van der Waals surface area contributed by atoms with Gasteiger partial charge in [0.1, 0.15) is 17.3 Å². The van der Waals surface area contributed by atoms with Gasteiger partial charge in [0.05, 0.1) is 11.8 Å². The standard InChI is InChI=1S/C18H16F3N5O/c1-26-16(8-9-23-26)25-15-7-3-6-14(24-15)17(27)22-11-12-4-2-5-13(10-12)18(19,20)21/h2-10H,11H2,1H3,(H,22,27)(H,24,25). The lowest BCUT2D eigenvalue weighted by Gasteiger charge is -2.10. The fourth-order valence-corrected chi connectivity index (χ4v) is 2.39. The van der Waals surface area contributed by atoms with Crippen LogP contribution in [-0.2, 0) is 19.8 Å². The van der Waals surface area contributed by atoms with E-state index in [9.17, 15) is 18.0 Å². The molecule has 0 saturated carbocycles. The lowest BCUT2D eigenvalue weighted by atomic mass is 10.1. The molecular formula is C18H16F3N5O. The van der Waals surface area contributed by atoms with E-state index < -0.39 is 17.6 Å². The second kappa shape index (κ2) is 7.48. The number of carbonyl (C=O) groups is 1. The molecule has 140 valence electrons. The van der Waals surface area contributed by atoms with E-state index in [1.165, 1.54) is 18.2 Å². The van der Waals surface area contributed by atoms with Crippen molar-refractivity contribution in [2.45, 2.75) is 12.7 Å². The predicted octanol–water partition coefficient (Wildman–Crippen LogP) is 3.51. The number of aryl methyl sites for hydroxylation is 1. The minimum Gasteiger partial charge on any atom is -0.347 e. The third-order valence-corrected chi connectivity index (χ3v) is 3.77. The molecule has 3 aromatic rings. The highest BCUT2D eigenvalue weighted by molar-refractivity contribution is 5.92. The normalized spacial score (nSPS) is 11.3. The average Bonchev–Trinajstić information content (AvgIpc) is 3.04. The van der Waals surface area contributed by atoms with Gasteiger partial charge in [0.2, 0.25) is 0 Å². The van der Waals surface area contributed by atoms with Crippen LogP contribution in [0.5, 0.6) is 0 Å². The van der Waals surface area contributed by atoms with Crippen LogP contribution in [0.3, 0.4) is 0 Å². The van der Waals surface area contributed by atoms with E-state index in [4.69, 9.17) is 0 Å². The first-order chi connectivity index (χ1) is 12.8. The van der Waals surface area contributed by atoms with E-state index in [2.05, 4.69) is 20.7 Å². The average molecular weight is 375 g/mol. The van der Waals surface area contributed by atoms with Crippen LogP contribution >= 0.6 is 0 Å². The molecule has 9 heteroatoms. The number of pyridine rings is 1. The van der Waals surface area contributed by atoms with E-state index in [1.807, 2.05) is 0 Å². The lowest BCUT2D eigenvalue weighted by molar-refractivity contribution is -0.137. The van der Waals surface area contributed by atoms with Gasteiger partial charge in [-0.1, -0.05) is 18.2 Å². The van der Waals surface area contributed by atoms with Crippen molar-refractivity contribution in [2.24, 2.45) is 7.05 Å². The highest BCUT2D eigenvalue weighted by atomic mass is 19.4. The summed E-state index contributed by atoms with van der Waals surface area (Å²) in [7, 11) is 1.76. The van der Waals surface area contributed by atoms with E-state index in [1.54, 1.807) is 36.1 Å². The van der Waals surface area contributed by atoms with Crippen LogP contribution in [0, 0.1) is 0 Å². The zero-order valence-corrected chi connectivity index (χ0v) is 14.3. The number of carbonyl (C=O) groups excluding carboxylic acids is 1. The SMILES string of the molecule is Cn1nccc1Nc1cccc(C(=O)NCc2cccc(C(F)(F)F)c2)n1. The van der Waals surface area contributed by atoms with Crippen molar-refractivity contribution in [1.82, 2.24) is 20.1 Å². The smallest absolute Gasteiger partial charge is 0.347 e. The molecule has 2 N–H and O–H groups in total. The van der Waals surface area contributed by atoms with Gasteiger partial charge in [0.25, 0.3) is 5.91 Å². The van der Waals surface area contributed by atoms with Crippen molar-refractivity contribution >= 4 is 17.5 Å². The molecule has 2 aromatic heterocycles. The van der Waals surface area contributed by atoms with Crippen LogP contribution in [0.15, 0.2) is 54.7 Å². The summed E-state index contributed by atoms with van der Waals surface area (Å²) in [5, 5.41) is 9.63. The molecule has 0 radical (unpaired) electrons. The fraction of sp³-hybridized carbons (Fsp3) is 0.167. The summed E-state index contributed by atoms with van der Waals surface area (Å²) in [4.78, 5) is 16.5. The van der Waals surface area contributed by atoms with Gasteiger partial charge in [-0.15, -0.1) is 0 Å². The number of anilines is 2. The van der Waals surface area contributed by atoms with Crippen LogP contribution in [0.2, 0.25) is 0 Å². The molecule has 0 aliphatic carbocycles. The molecule has 2 heterocycles. The minimum absolute atomic E-state index is 0.0379. The molecule has 0 aliphatic heterocycles. The second-order valence-electron chi connectivity index (χ2n) is 5.75. The second-order valence-corrected chi connectivity index (χ2v) is 5.75. The van der Waals surface area contributed by atoms with Gasteiger partial charge in [-0.25, -0.2) is 4.98 Å². The Kier molecular flexibility index (Phi) is 5.11. The maximum Gasteiger partial charge on any atom is 0.416 e. The molecule has 0 aliphatic rings. The van der Waals surface area contributed by atoms with Crippen LogP contribution in [0.1, 0.15) is 21.6 Å². The maximum absolute atomic E-state index is 12.7. The van der Waals surface area contributed by atoms with Crippen LogP contribution in [0.4, 0.5) is 24.8 Å². The van der Waals surface area contributed by atoms with Crippen LogP contribution in [0.25, 0.3) is 0 Å². The van der Waals surface area contributed by atoms with Crippen LogP contribution in [-0.4, -0.2) is 20.7 Å². The predicted molar refractivity (Wildman–Crippen MR) is 93.3 cm³/mol. The molecule has 0 spiro atoms. The Morgan fingerprint density at radius 1 is 1.15 bits per heavy atom. The first kappa shape index (κ1) is 18.4. The Bertz CT molecular complexity index is 952. The number of nitrogens with zero attached hydrogens (tertiary/aromatic N) is 3. The third-order valence-electron chi connectivity index (χ3n) is 3.77. The first-order valence-corrected chi connectivity index (χ1v) is 7.99. The molecule has 0 unspecified atom stereocenters. The zero-order valence-electron chi connectivity index (χ0n) is 14.3. The summed E-state index contributed by atoms with van der Waals surface area (Å²) in [6.07, 6.45) is -2.80. The molecule has 0 atom stereocenters. The van der Waals surface area contributed by atoms with E-state index >= 15 is 0 Å². The zero-order chi connectivity index (χ0) is 19.4. The van der Waals surface area contributed by atoms with Crippen molar-refractivity contribution in [3.05, 3.63) is 71.5 Å². The molecule has 1 aromatic carbocycles. The summed E-state index contributed by atoms with van der Waals surface area (Å²) in [5.41, 5.74) is -0.258. The number of alkyl halides is 3. The number of hydrogen-bond acceptors (Lipinski definition) is 4. The molecule has 0 saturated heterocycles. The molecule has 0 fully saturated rings. The van der Waals surface area contributed by atoms with Gasteiger partial charge in [-0.05, 0) is 29.8 Å². The number of amides is 1. The van der Waals surface area contributed by atoms with Gasteiger partial charge in [0, 0.05) is 19.7 Å². The summed E-state index contributed by atoms with van der Waals surface area (Å²) >= 11 is 0. The van der Waals surface area contributed by atoms with Crippen molar-refractivity contribution in [3.63, 3.8) is 0 Å². The lowest BCUT2D eigenvalue weighted by Crippen LogP contribution is -2.24. The molecular weight excluding hydrogens is 359 g/mol. The molecule has 3 rings (SSSR count). The Labute approximate surface area is 153 Å². The largest absolute Gasteiger partial charge is 0.416 e. The number of halogens is 3. The number of aromatic nitrogens is 3. The van der Waals surface area contributed by atoms with Gasteiger partial charge < -0.3 is 10.6 Å². The molecule has 27 heavy (non-hydrogen) atoms. The highest BCUT2D eigenvalue weighted by Gasteiger charge is 2.30. The van der Waals surface area contributed by atoms with Gasteiger partial charge in [-0.2, -0.15) is 18.3 Å². The van der Waals surface area contributed by atoms with Crippen molar-refractivity contribution in [2.75, 3.05) is 5.32 Å². The van der Waals surface area contributed by atoms with E-state index in [-0.39, 0.29) is 12.2 Å². The number of rotatable bonds is 5. The monoisotopic (exact) mass is 375 g/mol. The van der Waals surface area contributed by atoms with Crippen LogP contribution < -0.4 is 10.6 Å². The Morgan fingerprint density at radius 2 is 1.93 bits per heavy atom. The van der Waals surface area contributed by atoms with Crippen molar-refractivity contribution in [1.29, 1.82) is 0 Å². The topological polar surface area (TPSA) is 71.8 Å². The van der Waals surface area contributed by atoms with E-state index in [0.717, 1.165) is 12.1 Å². The maximum atomic E-state index is 12.7. The fourth-order valence-electron chi connectivity index (χ4n) is 2.39. The van der Waals surface area contributed by atoms with Gasteiger partial charge in [-0.3, -0.25) is 9.48 Å². The number of hydrogen-bond donors (Lipinski definition) is 2. The van der Waals surface area contributed by atoms with Gasteiger partial charge >= 0.3 is 6.18 Å². The third kappa shape index (κ3) is 4.63. The van der Waals surface area contributed by atoms with Gasteiger partial charge in [0.15, 0.2) is 0 Å². The molecule has 1 amide bonds. The summed E-state index contributed by atoms with van der Waals surface area (Å²) in [6.45, 7) is -0.0379. The first-order valence-electron chi connectivity index (χ1n) is 7.99. The highest BCUT2D eigenvalue weighted by Crippen LogP contribution is 2.29. The summed E-state index contributed by atoms with van der Waals surface area (Å²) in [6, 6.07) is 11.4. The minimum atomic E-state index is -4.42. The molecule has 6 nitrogen and oxygen atoms in total. The summed E-state index contributed by atoms with van der Waals surface area (Å²) in [5.74, 6) is 0.662. The van der Waals surface area contributed by atoms with Crippen molar-refractivity contribution in [3.8, 4) is 0 Å². The molecule has 0 bridgehead atoms.